The molecule has 18 heavy (non-hydrogen) atoms. The molecule has 5 nitrogen and oxygen atoms in total. The van der Waals surface area contributed by atoms with Gasteiger partial charge >= 0.3 is 0 Å². The van der Waals surface area contributed by atoms with Crippen molar-refractivity contribution in [2.24, 2.45) is 0 Å². The normalized spacial score (nSPS) is 14.6. The molecule has 2 rings (SSSR count). The maximum absolute atomic E-state index is 11.4. The molecule has 98 valence electrons. The van der Waals surface area contributed by atoms with E-state index in [9.17, 15) is 4.79 Å². The zero-order valence-electron chi connectivity index (χ0n) is 10.3. The third-order valence-corrected chi connectivity index (χ3v) is 2.89. The Kier molecular flexibility index (Phi) is 4.52. The molecule has 2 heterocycles. The molecule has 0 aliphatic carbocycles. The van der Waals surface area contributed by atoms with Crippen molar-refractivity contribution in [1.29, 1.82) is 0 Å². The molecule has 0 saturated carbocycles. The number of carbonyl (C=O) groups is 1. The van der Waals surface area contributed by atoms with Gasteiger partial charge in [0, 0.05) is 19.2 Å². The van der Waals surface area contributed by atoms with Crippen molar-refractivity contribution >= 4 is 5.91 Å². The third kappa shape index (κ3) is 3.43. The number of unbranched alkanes of at least 4 members (excludes halogenated alkanes) is 1. The van der Waals surface area contributed by atoms with E-state index in [1.165, 1.54) is 0 Å². The number of amides is 1. The zero-order chi connectivity index (χ0) is 12.8. The molecule has 0 aromatic carbocycles. The Labute approximate surface area is 106 Å². The topological polar surface area (TPSA) is 71.5 Å². The first-order chi connectivity index (χ1) is 8.79. The van der Waals surface area contributed by atoms with E-state index in [-0.39, 0.29) is 12.5 Å². The molecule has 1 aromatic heterocycles. The molecule has 0 spiro atoms. The summed E-state index contributed by atoms with van der Waals surface area (Å²) in [7, 11) is 0. The number of aromatic nitrogens is 1. The fourth-order valence-electron chi connectivity index (χ4n) is 1.91. The first kappa shape index (κ1) is 12.8. The number of fused-ring (bicyclic) bond motifs is 1. The van der Waals surface area contributed by atoms with Gasteiger partial charge in [-0.3, -0.25) is 4.79 Å². The number of nitrogens with zero attached hydrogens (tertiary/aromatic N) is 1. The summed E-state index contributed by atoms with van der Waals surface area (Å²) in [6.45, 7) is 1.39. The van der Waals surface area contributed by atoms with Crippen LogP contribution in [-0.2, 0) is 17.6 Å². The maximum atomic E-state index is 11.4. The summed E-state index contributed by atoms with van der Waals surface area (Å²) in [4.78, 5) is 15.8. The van der Waals surface area contributed by atoms with Gasteiger partial charge in [-0.1, -0.05) is 6.07 Å². The number of hydrogen-bond donors (Lipinski definition) is 2. The molecule has 1 aliphatic rings. The Morgan fingerprint density at radius 2 is 2.28 bits per heavy atom. The second-order valence-electron chi connectivity index (χ2n) is 4.31. The third-order valence-electron chi connectivity index (χ3n) is 2.89. The van der Waals surface area contributed by atoms with Gasteiger partial charge in [0.25, 0.3) is 0 Å². The average Bonchev–Trinajstić information content (AvgIpc) is 2.55. The second kappa shape index (κ2) is 6.35. The van der Waals surface area contributed by atoms with E-state index < -0.39 is 0 Å². The molecule has 1 amide bonds. The summed E-state index contributed by atoms with van der Waals surface area (Å²) >= 11 is 0. The molecule has 0 radical (unpaired) electrons. The number of hydrogen-bond acceptors (Lipinski definition) is 4. The number of pyridine rings is 1. The van der Waals surface area contributed by atoms with Crippen LogP contribution < -0.4 is 10.1 Å². The van der Waals surface area contributed by atoms with E-state index in [4.69, 9.17) is 9.84 Å². The molecular weight excluding hydrogens is 232 g/mol. The molecule has 5 heteroatoms. The van der Waals surface area contributed by atoms with Gasteiger partial charge in [-0.05, 0) is 24.8 Å². The van der Waals surface area contributed by atoms with Crippen LogP contribution in [0.2, 0.25) is 0 Å². The number of nitrogens with one attached hydrogen (secondary N) is 1. The summed E-state index contributed by atoms with van der Waals surface area (Å²) in [5.41, 5.74) is 1.92. The lowest BCUT2D eigenvalue weighted by atomic mass is 10.1. The largest absolute Gasteiger partial charge is 0.478 e. The van der Waals surface area contributed by atoms with Crippen molar-refractivity contribution in [3.8, 4) is 5.88 Å². The van der Waals surface area contributed by atoms with Crippen molar-refractivity contribution in [2.75, 3.05) is 19.8 Å². The number of rotatable bonds is 5. The van der Waals surface area contributed by atoms with E-state index in [0.29, 0.717) is 25.5 Å². The Hall–Kier alpha value is -1.62. The zero-order valence-corrected chi connectivity index (χ0v) is 10.3. The van der Waals surface area contributed by atoms with E-state index in [2.05, 4.69) is 10.3 Å². The van der Waals surface area contributed by atoms with Crippen LogP contribution in [0.1, 0.15) is 24.1 Å². The number of ether oxygens (including phenoxy) is 1. The number of aliphatic hydroxyl groups is 1. The molecule has 0 saturated heterocycles. The van der Waals surface area contributed by atoms with Crippen LogP contribution in [-0.4, -0.2) is 35.8 Å². The molecule has 1 aromatic rings. The van der Waals surface area contributed by atoms with Gasteiger partial charge in [0.05, 0.1) is 18.7 Å². The monoisotopic (exact) mass is 250 g/mol. The SMILES string of the molecule is O=C1Cc2nc(OCCCCO)ccc2CCN1. The first-order valence-corrected chi connectivity index (χ1v) is 6.29. The van der Waals surface area contributed by atoms with E-state index in [1.807, 2.05) is 12.1 Å². The molecule has 0 atom stereocenters. The van der Waals surface area contributed by atoms with Crippen LogP contribution >= 0.6 is 0 Å². The van der Waals surface area contributed by atoms with Gasteiger partial charge in [-0.15, -0.1) is 0 Å². The lowest BCUT2D eigenvalue weighted by Crippen LogP contribution is -2.24. The minimum Gasteiger partial charge on any atom is -0.478 e. The smallest absolute Gasteiger partial charge is 0.226 e. The van der Waals surface area contributed by atoms with Crippen molar-refractivity contribution in [2.45, 2.75) is 25.7 Å². The number of carbonyl (C=O) groups excluding carboxylic acids is 1. The van der Waals surface area contributed by atoms with Gasteiger partial charge in [-0.2, -0.15) is 0 Å². The standard InChI is InChI=1S/C13H18N2O3/c16-7-1-2-8-18-13-4-3-10-5-6-14-12(17)9-11(10)15-13/h3-4,16H,1-2,5-9H2,(H,14,17). The van der Waals surface area contributed by atoms with Crippen molar-refractivity contribution in [1.82, 2.24) is 10.3 Å². The molecule has 2 N–H and O–H groups in total. The highest BCUT2D eigenvalue weighted by atomic mass is 16.5. The van der Waals surface area contributed by atoms with Crippen LogP contribution in [0.25, 0.3) is 0 Å². The Morgan fingerprint density at radius 3 is 3.11 bits per heavy atom. The van der Waals surface area contributed by atoms with Crippen LogP contribution in [0.5, 0.6) is 5.88 Å². The highest BCUT2D eigenvalue weighted by Gasteiger charge is 2.14. The fraction of sp³-hybridized carbons (Fsp3) is 0.538. The van der Waals surface area contributed by atoms with Gasteiger partial charge in [0.2, 0.25) is 11.8 Å². The quantitative estimate of drug-likeness (QED) is 0.744. The van der Waals surface area contributed by atoms with E-state index in [1.54, 1.807) is 0 Å². The molecule has 0 unspecified atom stereocenters. The predicted octanol–water partition coefficient (Wildman–Crippen LogP) is 0.448. The second-order valence-corrected chi connectivity index (χ2v) is 4.31. The van der Waals surface area contributed by atoms with Crippen LogP contribution in [0.4, 0.5) is 0 Å². The van der Waals surface area contributed by atoms with Gasteiger partial charge in [0.1, 0.15) is 0 Å². The number of aliphatic hydroxyl groups excluding tert-OH is 1. The van der Waals surface area contributed by atoms with Crippen LogP contribution in [0.3, 0.4) is 0 Å². The first-order valence-electron chi connectivity index (χ1n) is 6.29. The Bertz CT molecular complexity index is 421. The van der Waals surface area contributed by atoms with Crippen molar-refractivity contribution < 1.29 is 14.6 Å². The van der Waals surface area contributed by atoms with Crippen molar-refractivity contribution in [3.05, 3.63) is 23.4 Å². The van der Waals surface area contributed by atoms with E-state index >= 15 is 0 Å². The Balaban J connectivity index is 1.99. The minimum atomic E-state index is 0.0127. The molecule has 0 fully saturated rings. The summed E-state index contributed by atoms with van der Waals surface area (Å²) in [6.07, 6.45) is 2.67. The van der Waals surface area contributed by atoms with Crippen LogP contribution in [0.15, 0.2) is 12.1 Å². The lowest BCUT2D eigenvalue weighted by Gasteiger charge is -2.08. The molecule has 0 bridgehead atoms. The Morgan fingerprint density at radius 1 is 1.39 bits per heavy atom. The summed E-state index contributed by atoms with van der Waals surface area (Å²) in [5, 5.41) is 11.5. The summed E-state index contributed by atoms with van der Waals surface area (Å²) in [5.74, 6) is 0.570. The van der Waals surface area contributed by atoms with Crippen LogP contribution in [0, 0.1) is 0 Å². The van der Waals surface area contributed by atoms with Crippen molar-refractivity contribution in [3.63, 3.8) is 0 Å². The summed E-state index contributed by atoms with van der Waals surface area (Å²) in [6, 6.07) is 3.82. The van der Waals surface area contributed by atoms with Gasteiger partial charge < -0.3 is 15.2 Å². The fourth-order valence-corrected chi connectivity index (χ4v) is 1.91. The predicted molar refractivity (Wildman–Crippen MR) is 66.5 cm³/mol. The van der Waals surface area contributed by atoms with Gasteiger partial charge in [0.15, 0.2) is 0 Å². The van der Waals surface area contributed by atoms with Gasteiger partial charge in [-0.25, -0.2) is 4.98 Å². The van der Waals surface area contributed by atoms with E-state index in [0.717, 1.165) is 30.5 Å². The molecule has 1 aliphatic heterocycles. The lowest BCUT2D eigenvalue weighted by molar-refractivity contribution is -0.120. The highest BCUT2D eigenvalue weighted by Crippen LogP contribution is 2.16. The summed E-state index contributed by atoms with van der Waals surface area (Å²) < 4.78 is 5.50. The highest BCUT2D eigenvalue weighted by molar-refractivity contribution is 5.79. The average molecular weight is 250 g/mol. The maximum Gasteiger partial charge on any atom is 0.226 e. The molecular formula is C13H18N2O3. The minimum absolute atomic E-state index is 0.0127.